The Hall–Kier alpha value is -2.56. The summed E-state index contributed by atoms with van der Waals surface area (Å²) >= 11 is 0. The van der Waals surface area contributed by atoms with Crippen molar-refractivity contribution in [3.8, 4) is 5.75 Å². The van der Waals surface area contributed by atoms with E-state index in [1.807, 2.05) is 24.3 Å². The van der Waals surface area contributed by atoms with Crippen LogP contribution in [0.1, 0.15) is 0 Å². The molecule has 4 rings (SSSR count). The van der Waals surface area contributed by atoms with E-state index in [2.05, 4.69) is 36.4 Å². The lowest BCUT2D eigenvalue weighted by atomic mass is 9.98. The Bertz CT molecular complexity index is 995. The molecule has 0 aromatic heterocycles. The molecule has 0 saturated carbocycles. The second-order valence-corrected chi connectivity index (χ2v) is 5.31. The van der Waals surface area contributed by atoms with Crippen molar-refractivity contribution >= 4 is 39.6 Å². The Balaban J connectivity index is 2.04. The first-order chi connectivity index (χ1) is 10.7. The van der Waals surface area contributed by atoms with Crippen LogP contribution in [0.3, 0.4) is 0 Å². The lowest BCUT2D eigenvalue weighted by molar-refractivity contribution is 0.288. The molecule has 4 aromatic rings. The van der Waals surface area contributed by atoms with Crippen molar-refractivity contribution in [2.75, 3.05) is 0 Å². The van der Waals surface area contributed by atoms with Crippen LogP contribution in [0.2, 0.25) is 0 Å². The lowest BCUT2D eigenvalue weighted by Crippen LogP contribution is -2.20. The van der Waals surface area contributed by atoms with Crippen molar-refractivity contribution in [2.24, 2.45) is 0 Å². The average Bonchev–Trinajstić information content (AvgIpc) is 2.52. The van der Waals surface area contributed by atoms with Crippen LogP contribution in [0.25, 0.3) is 32.3 Å². The predicted octanol–water partition coefficient (Wildman–Crippen LogP) is 3.49. The summed E-state index contributed by atoms with van der Waals surface area (Å²) in [4.78, 5) is 0. The van der Waals surface area contributed by atoms with Gasteiger partial charge in [-0.2, -0.15) is 0 Å². The Morgan fingerprint density at radius 2 is 1.27 bits per heavy atom. The zero-order valence-electron chi connectivity index (χ0n) is 11.7. The van der Waals surface area contributed by atoms with Gasteiger partial charge in [0.05, 0.1) is 0 Å². The van der Waals surface area contributed by atoms with Crippen molar-refractivity contribution in [2.45, 2.75) is 0 Å². The standard InChI is InChI=1S/C18H13BO3/c20-19(21)22-16-8-7-12-5-6-15-9-13-3-1-2-4-14(13)10-17(15)18(12)11-16/h1-11,20-21H. The smallest absolute Gasteiger partial charge is 0.512 e. The fourth-order valence-corrected chi connectivity index (χ4v) is 2.92. The molecule has 106 valence electrons. The molecule has 0 heterocycles. The minimum Gasteiger partial charge on any atom is -0.512 e. The average molecular weight is 288 g/mol. The second kappa shape index (κ2) is 5.02. The number of rotatable bonds is 2. The second-order valence-electron chi connectivity index (χ2n) is 5.31. The van der Waals surface area contributed by atoms with Crippen LogP contribution in [-0.2, 0) is 0 Å². The van der Waals surface area contributed by atoms with Gasteiger partial charge in [0.2, 0.25) is 0 Å². The molecular weight excluding hydrogens is 275 g/mol. The van der Waals surface area contributed by atoms with Crippen molar-refractivity contribution < 1.29 is 14.7 Å². The molecule has 0 radical (unpaired) electrons. The molecule has 0 atom stereocenters. The molecule has 4 aromatic carbocycles. The van der Waals surface area contributed by atoms with Gasteiger partial charge in [0.15, 0.2) is 0 Å². The third-order valence-corrected chi connectivity index (χ3v) is 3.92. The summed E-state index contributed by atoms with van der Waals surface area (Å²) in [6, 6.07) is 22.2. The van der Waals surface area contributed by atoms with Gasteiger partial charge in [0, 0.05) is 0 Å². The molecule has 0 aliphatic rings. The highest BCUT2D eigenvalue weighted by atomic mass is 16.6. The Morgan fingerprint density at radius 1 is 0.636 bits per heavy atom. The molecule has 0 amide bonds. The van der Waals surface area contributed by atoms with E-state index in [9.17, 15) is 0 Å². The highest BCUT2D eigenvalue weighted by Crippen LogP contribution is 2.31. The zero-order valence-corrected chi connectivity index (χ0v) is 11.7. The Morgan fingerprint density at radius 3 is 2.05 bits per heavy atom. The van der Waals surface area contributed by atoms with E-state index < -0.39 is 7.32 Å². The molecular formula is C18H13BO3. The molecule has 0 fully saturated rings. The maximum atomic E-state index is 8.97. The van der Waals surface area contributed by atoms with Crippen LogP contribution >= 0.6 is 0 Å². The minimum absolute atomic E-state index is 0.433. The Labute approximate surface area is 127 Å². The van der Waals surface area contributed by atoms with Crippen LogP contribution in [0.15, 0.2) is 66.7 Å². The molecule has 0 aliphatic carbocycles. The summed E-state index contributed by atoms with van der Waals surface area (Å²) in [7, 11) is -1.81. The topological polar surface area (TPSA) is 49.7 Å². The summed E-state index contributed by atoms with van der Waals surface area (Å²) in [5.41, 5.74) is 0. The van der Waals surface area contributed by atoms with Gasteiger partial charge >= 0.3 is 7.32 Å². The summed E-state index contributed by atoms with van der Waals surface area (Å²) in [5, 5.41) is 24.7. The summed E-state index contributed by atoms with van der Waals surface area (Å²) in [6.45, 7) is 0. The van der Waals surface area contributed by atoms with Gasteiger partial charge in [-0.3, -0.25) is 0 Å². The van der Waals surface area contributed by atoms with E-state index in [-0.39, 0.29) is 0 Å². The maximum Gasteiger partial charge on any atom is 0.707 e. The predicted molar refractivity (Wildman–Crippen MR) is 89.8 cm³/mol. The van der Waals surface area contributed by atoms with Crippen LogP contribution in [0, 0.1) is 0 Å². The van der Waals surface area contributed by atoms with E-state index >= 15 is 0 Å². The number of fused-ring (bicyclic) bond motifs is 4. The Kier molecular flexibility index (Phi) is 3.00. The van der Waals surface area contributed by atoms with Crippen molar-refractivity contribution in [1.29, 1.82) is 0 Å². The van der Waals surface area contributed by atoms with Crippen molar-refractivity contribution in [3.05, 3.63) is 66.7 Å². The van der Waals surface area contributed by atoms with E-state index in [1.165, 1.54) is 10.8 Å². The van der Waals surface area contributed by atoms with Crippen molar-refractivity contribution in [1.82, 2.24) is 0 Å². The summed E-state index contributed by atoms with van der Waals surface area (Å²) in [6.07, 6.45) is 0. The lowest BCUT2D eigenvalue weighted by Gasteiger charge is -2.09. The van der Waals surface area contributed by atoms with Gasteiger partial charge in [-0.15, -0.1) is 0 Å². The highest BCUT2D eigenvalue weighted by molar-refractivity contribution is 6.33. The molecule has 2 N–H and O–H groups in total. The number of benzene rings is 4. The first-order valence-corrected chi connectivity index (χ1v) is 7.09. The highest BCUT2D eigenvalue weighted by Gasteiger charge is 2.12. The minimum atomic E-state index is -1.81. The quantitative estimate of drug-likeness (QED) is 0.337. The molecule has 0 saturated heterocycles. The third kappa shape index (κ3) is 2.19. The molecule has 4 heteroatoms. The van der Waals surface area contributed by atoms with Gasteiger partial charge in [-0.05, 0) is 56.6 Å². The third-order valence-electron chi connectivity index (χ3n) is 3.92. The van der Waals surface area contributed by atoms with Crippen molar-refractivity contribution in [3.63, 3.8) is 0 Å². The van der Waals surface area contributed by atoms with E-state index in [0.717, 1.165) is 21.5 Å². The molecule has 0 aliphatic heterocycles. The normalized spacial score (nSPS) is 11.2. The van der Waals surface area contributed by atoms with E-state index in [1.54, 1.807) is 6.07 Å². The first kappa shape index (κ1) is 13.1. The summed E-state index contributed by atoms with van der Waals surface area (Å²) < 4.78 is 4.97. The van der Waals surface area contributed by atoms with Gasteiger partial charge < -0.3 is 14.7 Å². The molecule has 0 unspecified atom stereocenters. The molecule has 3 nitrogen and oxygen atoms in total. The summed E-state index contributed by atoms with van der Waals surface area (Å²) in [5.74, 6) is 0.433. The van der Waals surface area contributed by atoms with Crippen LogP contribution in [0.4, 0.5) is 0 Å². The fraction of sp³-hybridized carbons (Fsp3) is 0. The molecule has 0 bridgehead atoms. The van der Waals surface area contributed by atoms with Gasteiger partial charge in [0.1, 0.15) is 5.75 Å². The maximum absolute atomic E-state index is 8.97. The fourth-order valence-electron chi connectivity index (χ4n) is 2.92. The van der Waals surface area contributed by atoms with Crippen LogP contribution in [-0.4, -0.2) is 17.4 Å². The number of hydrogen-bond acceptors (Lipinski definition) is 3. The zero-order chi connectivity index (χ0) is 15.1. The van der Waals surface area contributed by atoms with E-state index in [4.69, 9.17) is 14.7 Å². The van der Waals surface area contributed by atoms with E-state index in [0.29, 0.717) is 5.75 Å². The van der Waals surface area contributed by atoms with Gasteiger partial charge in [-0.25, -0.2) is 0 Å². The van der Waals surface area contributed by atoms with Crippen LogP contribution < -0.4 is 4.65 Å². The van der Waals surface area contributed by atoms with Gasteiger partial charge in [0.25, 0.3) is 0 Å². The molecule has 22 heavy (non-hydrogen) atoms. The van der Waals surface area contributed by atoms with Crippen LogP contribution in [0.5, 0.6) is 5.75 Å². The number of hydrogen-bond donors (Lipinski definition) is 2. The van der Waals surface area contributed by atoms with Gasteiger partial charge in [-0.1, -0.05) is 42.5 Å². The SMILES string of the molecule is OB(O)Oc1ccc2ccc3cc4ccccc4cc3c2c1. The largest absolute Gasteiger partial charge is 0.707 e. The molecule has 0 spiro atoms. The first-order valence-electron chi connectivity index (χ1n) is 7.09. The monoisotopic (exact) mass is 288 g/mol.